The highest BCUT2D eigenvalue weighted by Gasteiger charge is 2.26. The summed E-state index contributed by atoms with van der Waals surface area (Å²) in [6, 6.07) is 14.6. The van der Waals surface area contributed by atoms with E-state index in [0.29, 0.717) is 22.7 Å². The summed E-state index contributed by atoms with van der Waals surface area (Å²) in [5.41, 5.74) is 1.99. The Morgan fingerprint density at radius 1 is 1.12 bits per heavy atom. The normalized spacial score (nSPS) is 13.4. The van der Waals surface area contributed by atoms with E-state index in [9.17, 15) is 9.59 Å². The summed E-state index contributed by atoms with van der Waals surface area (Å²) in [4.78, 5) is 26.8. The van der Waals surface area contributed by atoms with Crippen LogP contribution in [0, 0.1) is 9.49 Å². The first-order chi connectivity index (χ1) is 12.1. The van der Waals surface area contributed by atoms with Gasteiger partial charge >= 0.3 is 0 Å². The molecule has 25 heavy (non-hydrogen) atoms. The number of hydrogen-bond acceptors (Lipinski definition) is 2. The van der Waals surface area contributed by atoms with Crippen LogP contribution in [0.25, 0.3) is 0 Å². The smallest absolute Gasteiger partial charge is 0.256 e. The van der Waals surface area contributed by atoms with E-state index in [0.717, 1.165) is 16.7 Å². The van der Waals surface area contributed by atoms with Crippen LogP contribution in [-0.4, -0.2) is 29.8 Å². The minimum Gasteiger partial charge on any atom is -0.339 e. The minimum atomic E-state index is -0.145. The van der Waals surface area contributed by atoms with Gasteiger partial charge in [-0.25, -0.2) is 0 Å². The van der Waals surface area contributed by atoms with Gasteiger partial charge in [0.05, 0.1) is 5.56 Å². The van der Waals surface area contributed by atoms with Crippen LogP contribution in [0.1, 0.15) is 40.5 Å². The third-order valence-electron chi connectivity index (χ3n) is 4.35. The fourth-order valence-corrected chi connectivity index (χ4v) is 3.32. The summed E-state index contributed by atoms with van der Waals surface area (Å²) in [6.45, 7) is 3.58. The molecule has 0 atom stereocenters. The molecule has 0 unspecified atom stereocenters. The third-order valence-corrected chi connectivity index (χ3v) is 5.29. The number of benzene rings is 2. The Morgan fingerprint density at radius 2 is 1.80 bits per heavy atom. The van der Waals surface area contributed by atoms with E-state index in [2.05, 4.69) is 27.9 Å². The molecule has 0 heterocycles. The first kappa shape index (κ1) is 17.9. The molecule has 0 aromatic heterocycles. The second-order valence-corrected chi connectivity index (χ2v) is 7.46. The number of anilines is 1. The predicted molar refractivity (Wildman–Crippen MR) is 108 cm³/mol. The van der Waals surface area contributed by atoms with E-state index in [-0.39, 0.29) is 11.8 Å². The van der Waals surface area contributed by atoms with E-state index >= 15 is 0 Å². The molecule has 2 aromatic carbocycles. The van der Waals surface area contributed by atoms with E-state index < -0.39 is 0 Å². The number of carbonyl (C=O) groups is 2. The summed E-state index contributed by atoms with van der Waals surface area (Å²) in [7, 11) is 0. The van der Waals surface area contributed by atoms with E-state index in [1.807, 2.05) is 30.0 Å². The van der Waals surface area contributed by atoms with Gasteiger partial charge in [0, 0.05) is 27.9 Å². The van der Waals surface area contributed by atoms with Gasteiger partial charge in [-0.2, -0.15) is 0 Å². The minimum absolute atomic E-state index is 0.0601. The van der Waals surface area contributed by atoms with Gasteiger partial charge in [-0.05, 0) is 84.7 Å². The van der Waals surface area contributed by atoms with Gasteiger partial charge in [0.1, 0.15) is 0 Å². The first-order valence-corrected chi connectivity index (χ1v) is 9.61. The topological polar surface area (TPSA) is 49.4 Å². The lowest BCUT2D eigenvalue weighted by Crippen LogP contribution is -2.32. The van der Waals surface area contributed by atoms with Crippen LogP contribution >= 0.6 is 22.6 Å². The lowest BCUT2D eigenvalue weighted by molar-refractivity contribution is 0.0757. The average molecular weight is 448 g/mol. The monoisotopic (exact) mass is 448 g/mol. The average Bonchev–Trinajstić information content (AvgIpc) is 3.44. The van der Waals surface area contributed by atoms with E-state index in [4.69, 9.17) is 0 Å². The van der Waals surface area contributed by atoms with Gasteiger partial charge in [0.2, 0.25) is 0 Å². The molecule has 4 nitrogen and oxygen atoms in total. The molecule has 0 spiro atoms. The van der Waals surface area contributed by atoms with Gasteiger partial charge in [-0.1, -0.05) is 12.1 Å². The number of halogens is 1. The summed E-state index contributed by atoms with van der Waals surface area (Å²) in [6.07, 6.45) is 2.46. The van der Waals surface area contributed by atoms with Gasteiger partial charge < -0.3 is 10.2 Å². The lowest BCUT2D eigenvalue weighted by atomic mass is 10.1. The standard InChI is InChI=1S/C20H21IN2O2/c1-2-23(13-14-7-8-14)20(25)15-9-11-16(12-10-15)22-19(24)17-5-3-4-6-18(17)21/h3-6,9-12,14H,2,7-8,13H2,1H3,(H,22,24). The SMILES string of the molecule is CCN(CC1CC1)C(=O)c1ccc(NC(=O)c2ccccc2I)cc1. The highest BCUT2D eigenvalue weighted by atomic mass is 127. The van der Waals surface area contributed by atoms with Crippen molar-refractivity contribution in [3.8, 4) is 0 Å². The number of carbonyl (C=O) groups excluding carboxylic acids is 2. The number of amides is 2. The van der Waals surface area contributed by atoms with Crippen molar-refractivity contribution in [1.29, 1.82) is 0 Å². The first-order valence-electron chi connectivity index (χ1n) is 8.53. The van der Waals surface area contributed by atoms with Crippen molar-refractivity contribution in [3.63, 3.8) is 0 Å². The van der Waals surface area contributed by atoms with Gasteiger partial charge in [0.15, 0.2) is 0 Å². The van der Waals surface area contributed by atoms with Crippen LogP contribution < -0.4 is 5.32 Å². The molecular formula is C20H21IN2O2. The van der Waals surface area contributed by atoms with Crippen molar-refractivity contribution in [3.05, 3.63) is 63.2 Å². The maximum Gasteiger partial charge on any atom is 0.256 e. The highest BCUT2D eigenvalue weighted by molar-refractivity contribution is 14.1. The number of hydrogen-bond donors (Lipinski definition) is 1. The second-order valence-electron chi connectivity index (χ2n) is 6.30. The van der Waals surface area contributed by atoms with Crippen molar-refractivity contribution in [2.24, 2.45) is 5.92 Å². The Bertz CT molecular complexity index is 770. The fraction of sp³-hybridized carbons (Fsp3) is 0.300. The van der Waals surface area contributed by atoms with Gasteiger partial charge in [0.25, 0.3) is 11.8 Å². The Kier molecular flexibility index (Phi) is 5.73. The molecule has 130 valence electrons. The maximum absolute atomic E-state index is 12.6. The molecule has 5 heteroatoms. The van der Waals surface area contributed by atoms with Crippen molar-refractivity contribution in [2.45, 2.75) is 19.8 Å². The molecule has 1 N–H and O–H groups in total. The lowest BCUT2D eigenvalue weighted by Gasteiger charge is -2.20. The van der Waals surface area contributed by atoms with Crippen molar-refractivity contribution < 1.29 is 9.59 Å². The number of nitrogens with one attached hydrogen (secondary N) is 1. The Balaban J connectivity index is 1.66. The molecule has 0 bridgehead atoms. The fourth-order valence-electron chi connectivity index (χ4n) is 2.69. The summed E-state index contributed by atoms with van der Waals surface area (Å²) in [5.74, 6) is 0.591. The zero-order valence-corrected chi connectivity index (χ0v) is 16.3. The summed E-state index contributed by atoms with van der Waals surface area (Å²) < 4.78 is 0.906. The van der Waals surface area contributed by atoms with Gasteiger partial charge in [-0.15, -0.1) is 0 Å². The third kappa shape index (κ3) is 4.60. The molecule has 1 fully saturated rings. The molecule has 1 aliphatic carbocycles. The van der Waals surface area contributed by atoms with Crippen LogP contribution in [0.15, 0.2) is 48.5 Å². The molecule has 1 aliphatic rings. The van der Waals surface area contributed by atoms with Crippen LogP contribution in [0.5, 0.6) is 0 Å². The van der Waals surface area contributed by atoms with Crippen LogP contribution in [-0.2, 0) is 0 Å². The molecule has 0 saturated heterocycles. The Morgan fingerprint density at radius 3 is 2.40 bits per heavy atom. The molecule has 0 aliphatic heterocycles. The Labute approximate surface area is 161 Å². The molecule has 0 radical (unpaired) electrons. The summed E-state index contributed by atoms with van der Waals surface area (Å²) >= 11 is 2.15. The van der Waals surface area contributed by atoms with E-state index in [1.54, 1.807) is 30.3 Å². The molecule has 2 amide bonds. The highest BCUT2D eigenvalue weighted by Crippen LogP contribution is 2.30. The zero-order valence-electron chi connectivity index (χ0n) is 14.2. The zero-order chi connectivity index (χ0) is 17.8. The second kappa shape index (κ2) is 7.99. The largest absolute Gasteiger partial charge is 0.339 e. The maximum atomic E-state index is 12.6. The number of nitrogens with zero attached hydrogens (tertiary/aromatic N) is 1. The molecular weight excluding hydrogens is 427 g/mol. The van der Waals surface area contributed by atoms with Crippen molar-refractivity contribution in [1.82, 2.24) is 4.90 Å². The quantitative estimate of drug-likeness (QED) is 0.666. The van der Waals surface area contributed by atoms with Crippen LogP contribution in [0.3, 0.4) is 0 Å². The van der Waals surface area contributed by atoms with E-state index in [1.165, 1.54) is 12.8 Å². The number of rotatable bonds is 6. The molecule has 1 saturated carbocycles. The van der Waals surface area contributed by atoms with Crippen LogP contribution in [0.4, 0.5) is 5.69 Å². The molecule has 2 aromatic rings. The predicted octanol–water partition coefficient (Wildman–Crippen LogP) is 4.42. The van der Waals surface area contributed by atoms with Crippen molar-refractivity contribution >= 4 is 40.1 Å². The Hall–Kier alpha value is -1.89. The van der Waals surface area contributed by atoms with Gasteiger partial charge in [-0.3, -0.25) is 9.59 Å². The molecule has 3 rings (SSSR count). The van der Waals surface area contributed by atoms with Crippen molar-refractivity contribution in [2.75, 3.05) is 18.4 Å². The van der Waals surface area contributed by atoms with Crippen LogP contribution in [0.2, 0.25) is 0 Å². The summed E-state index contributed by atoms with van der Waals surface area (Å²) in [5, 5.41) is 2.88.